The third-order valence-corrected chi connectivity index (χ3v) is 5.51. The van der Waals surface area contributed by atoms with E-state index in [4.69, 9.17) is 5.73 Å². The molecular weight excluding hydrogens is 272 g/mol. The number of anilines is 1. The molecule has 0 aromatic heterocycles. The highest BCUT2D eigenvalue weighted by atomic mass is 32.2. The van der Waals surface area contributed by atoms with Gasteiger partial charge in [-0.1, -0.05) is 26.2 Å². The first kappa shape index (κ1) is 15.3. The molecule has 4 nitrogen and oxygen atoms in total. The molecule has 2 rings (SSSR count). The Morgan fingerprint density at radius 3 is 2.45 bits per heavy atom. The van der Waals surface area contributed by atoms with Gasteiger partial charge in [0.15, 0.2) is 0 Å². The van der Waals surface area contributed by atoms with Crippen LogP contribution in [0.2, 0.25) is 0 Å². The first-order valence-electron chi connectivity index (χ1n) is 7.18. The molecular formula is C15H24N2O2S. The number of nitrogens with one attached hydrogen (secondary N) is 1. The molecule has 1 fully saturated rings. The Bertz CT molecular complexity index is 555. The van der Waals surface area contributed by atoms with Gasteiger partial charge < -0.3 is 5.73 Å². The maximum Gasteiger partial charge on any atom is 0.240 e. The van der Waals surface area contributed by atoms with Crippen molar-refractivity contribution < 1.29 is 8.42 Å². The molecule has 3 N–H and O–H groups in total. The van der Waals surface area contributed by atoms with Crippen LogP contribution >= 0.6 is 0 Å². The van der Waals surface area contributed by atoms with Gasteiger partial charge in [-0.15, -0.1) is 0 Å². The van der Waals surface area contributed by atoms with Gasteiger partial charge in [-0.05, 0) is 48.9 Å². The molecule has 1 saturated carbocycles. The minimum atomic E-state index is -3.47. The third-order valence-electron chi connectivity index (χ3n) is 4.13. The summed E-state index contributed by atoms with van der Waals surface area (Å²) in [7, 11) is -3.47. The summed E-state index contributed by atoms with van der Waals surface area (Å²) in [4.78, 5) is 0.259. The lowest BCUT2D eigenvalue weighted by molar-refractivity contribution is 0.219. The summed E-state index contributed by atoms with van der Waals surface area (Å²) >= 11 is 0. The van der Waals surface area contributed by atoms with Crippen LogP contribution < -0.4 is 10.5 Å². The molecule has 0 atom stereocenters. The second kappa shape index (κ2) is 5.74. The quantitative estimate of drug-likeness (QED) is 0.839. The van der Waals surface area contributed by atoms with E-state index in [9.17, 15) is 8.42 Å². The van der Waals surface area contributed by atoms with E-state index < -0.39 is 10.0 Å². The van der Waals surface area contributed by atoms with E-state index in [0.29, 0.717) is 12.2 Å². The van der Waals surface area contributed by atoms with Crippen molar-refractivity contribution >= 4 is 15.7 Å². The van der Waals surface area contributed by atoms with Gasteiger partial charge in [0.05, 0.1) is 4.90 Å². The summed E-state index contributed by atoms with van der Waals surface area (Å²) in [5.41, 5.74) is 7.15. The molecule has 1 aromatic rings. The molecule has 0 saturated heterocycles. The van der Waals surface area contributed by atoms with Crippen LogP contribution in [0.15, 0.2) is 23.1 Å². The fraction of sp³-hybridized carbons (Fsp3) is 0.600. The lowest BCUT2D eigenvalue weighted by Gasteiger charge is -2.33. The normalized spacial score (nSPS) is 18.9. The summed E-state index contributed by atoms with van der Waals surface area (Å²) in [5.74, 6) is 0. The van der Waals surface area contributed by atoms with E-state index in [2.05, 4.69) is 11.6 Å². The largest absolute Gasteiger partial charge is 0.399 e. The van der Waals surface area contributed by atoms with Crippen molar-refractivity contribution in [2.24, 2.45) is 5.41 Å². The highest BCUT2D eigenvalue weighted by molar-refractivity contribution is 7.89. The molecule has 112 valence electrons. The number of aryl methyl sites for hydroxylation is 1. The fourth-order valence-electron chi connectivity index (χ4n) is 2.87. The first-order chi connectivity index (χ1) is 9.31. The summed E-state index contributed by atoms with van der Waals surface area (Å²) in [5, 5.41) is 0. The average Bonchev–Trinajstić information content (AvgIpc) is 2.37. The molecule has 0 amide bonds. The maximum absolute atomic E-state index is 12.4. The van der Waals surface area contributed by atoms with E-state index in [1.165, 1.54) is 25.3 Å². The molecule has 0 spiro atoms. The highest BCUT2D eigenvalue weighted by Crippen LogP contribution is 2.35. The van der Waals surface area contributed by atoms with E-state index >= 15 is 0 Å². The van der Waals surface area contributed by atoms with Gasteiger partial charge in [-0.25, -0.2) is 13.1 Å². The van der Waals surface area contributed by atoms with E-state index in [0.717, 1.165) is 18.4 Å². The van der Waals surface area contributed by atoms with Crippen LogP contribution in [0.25, 0.3) is 0 Å². The average molecular weight is 296 g/mol. The zero-order valence-electron chi connectivity index (χ0n) is 12.3. The molecule has 0 unspecified atom stereocenters. The third kappa shape index (κ3) is 3.73. The fourth-order valence-corrected chi connectivity index (χ4v) is 4.20. The summed E-state index contributed by atoms with van der Waals surface area (Å²) < 4.78 is 27.5. The molecule has 20 heavy (non-hydrogen) atoms. The van der Waals surface area contributed by atoms with Crippen LogP contribution in [-0.2, 0) is 10.0 Å². The summed E-state index contributed by atoms with van der Waals surface area (Å²) in [6, 6.07) is 4.93. The standard InChI is InChI=1S/C15H24N2O2S/c1-12-8-13(16)10-14(9-12)20(18,19)17-11-15(2)6-4-3-5-7-15/h8-10,17H,3-7,11,16H2,1-2H3. The molecule has 1 aliphatic carbocycles. The number of hydrogen-bond acceptors (Lipinski definition) is 3. The van der Waals surface area contributed by atoms with Gasteiger partial charge in [-0.3, -0.25) is 0 Å². The zero-order chi connectivity index (χ0) is 14.8. The van der Waals surface area contributed by atoms with Crippen LogP contribution in [0, 0.1) is 12.3 Å². The number of nitrogens with two attached hydrogens (primary N) is 1. The predicted molar refractivity (Wildman–Crippen MR) is 82.0 cm³/mol. The monoisotopic (exact) mass is 296 g/mol. The van der Waals surface area contributed by atoms with Crippen LogP contribution in [0.4, 0.5) is 5.69 Å². The van der Waals surface area contributed by atoms with Gasteiger partial charge in [0.1, 0.15) is 0 Å². The number of rotatable bonds is 4. The SMILES string of the molecule is Cc1cc(N)cc(S(=O)(=O)NCC2(C)CCCCC2)c1. The first-order valence-corrected chi connectivity index (χ1v) is 8.66. The highest BCUT2D eigenvalue weighted by Gasteiger charge is 2.28. The van der Waals surface area contributed by atoms with Crippen LogP contribution in [0.1, 0.15) is 44.6 Å². The van der Waals surface area contributed by atoms with E-state index in [1.807, 2.05) is 6.92 Å². The van der Waals surface area contributed by atoms with Crippen molar-refractivity contribution in [1.29, 1.82) is 0 Å². The van der Waals surface area contributed by atoms with Gasteiger partial charge in [0.25, 0.3) is 0 Å². The lowest BCUT2D eigenvalue weighted by atomic mass is 9.76. The molecule has 1 aliphatic rings. The minimum Gasteiger partial charge on any atom is -0.399 e. The van der Waals surface area contributed by atoms with E-state index in [-0.39, 0.29) is 10.3 Å². The topological polar surface area (TPSA) is 72.2 Å². The predicted octanol–water partition coefficient (Wildman–Crippen LogP) is 2.83. The maximum atomic E-state index is 12.4. The molecule has 0 bridgehead atoms. The second-order valence-electron chi connectivity index (χ2n) is 6.28. The Kier molecular flexibility index (Phi) is 4.39. The number of sulfonamides is 1. The van der Waals surface area contributed by atoms with Crippen molar-refractivity contribution in [3.8, 4) is 0 Å². The second-order valence-corrected chi connectivity index (χ2v) is 8.04. The number of benzene rings is 1. The Balaban J connectivity index is 2.11. The number of hydrogen-bond donors (Lipinski definition) is 2. The Hall–Kier alpha value is -1.07. The molecule has 0 aliphatic heterocycles. The molecule has 1 aromatic carbocycles. The van der Waals surface area contributed by atoms with Gasteiger partial charge in [0, 0.05) is 12.2 Å². The molecule has 5 heteroatoms. The zero-order valence-corrected chi connectivity index (χ0v) is 13.1. The number of nitrogen functional groups attached to an aromatic ring is 1. The molecule has 0 heterocycles. The van der Waals surface area contributed by atoms with Crippen LogP contribution in [-0.4, -0.2) is 15.0 Å². The van der Waals surface area contributed by atoms with Crippen molar-refractivity contribution in [3.05, 3.63) is 23.8 Å². The van der Waals surface area contributed by atoms with Gasteiger partial charge in [0.2, 0.25) is 10.0 Å². The Morgan fingerprint density at radius 1 is 1.20 bits per heavy atom. The lowest BCUT2D eigenvalue weighted by Crippen LogP contribution is -2.37. The van der Waals surface area contributed by atoms with Gasteiger partial charge >= 0.3 is 0 Å². The van der Waals surface area contributed by atoms with Crippen molar-refractivity contribution in [3.63, 3.8) is 0 Å². The van der Waals surface area contributed by atoms with Crippen molar-refractivity contribution in [2.75, 3.05) is 12.3 Å². The van der Waals surface area contributed by atoms with Crippen molar-refractivity contribution in [1.82, 2.24) is 4.72 Å². The van der Waals surface area contributed by atoms with Crippen molar-refractivity contribution in [2.45, 2.75) is 50.8 Å². The summed E-state index contributed by atoms with van der Waals surface area (Å²) in [6.07, 6.45) is 5.82. The minimum absolute atomic E-state index is 0.0840. The van der Waals surface area contributed by atoms with Gasteiger partial charge in [-0.2, -0.15) is 0 Å². The Labute approximate surface area is 121 Å². The smallest absolute Gasteiger partial charge is 0.240 e. The van der Waals surface area contributed by atoms with Crippen LogP contribution in [0.3, 0.4) is 0 Å². The van der Waals surface area contributed by atoms with E-state index in [1.54, 1.807) is 12.1 Å². The Morgan fingerprint density at radius 2 is 1.85 bits per heavy atom. The van der Waals surface area contributed by atoms with Crippen LogP contribution in [0.5, 0.6) is 0 Å². The molecule has 0 radical (unpaired) electrons. The summed E-state index contributed by atoms with van der Waals surface area (Å²) in [6.45, 7) is 4.51.